The van der Waals surface area contributed by atoms with Crippen LogP contribution in [0.3, 0.4) is 0 Å². The first kappa shape index (κ1) is 11.5. The van der Waals surface area contributed by atoms with Gasteiger partial charge in [-0.2, -0.15) is 0 Å². The summed E-state index contributed by atoms with van der Waals surface area (Å²) in [6.45, 7) is 2.95. The average Bonchev–Trinajstić information content (AvgIpc) is 2.17. The van der Waals surface area contributed by atoms with Gasteiger partial charge >= 0.3 is 0 Å². The molecule has 1 unspecified atom stereocenters. The highest BCUT2D eigenvalue weighted by Gasteiger charge is 2.09. The lowest BCUT2D eigenvalue weighted by Crippen LogP contribution is -2.07. The number of nitrogens with two attached hydrogens (primary N) is 1. The SMILES string of the molecule is CCCC(CCN)c1cccc(Cl)c1. The molecule has 0 aliphatic heterocycles. The second kappa shape index (κ2) is 6.05. The molecule has 1 aromatic carbocycles. The molecule has 0 heterocycles. The van der Waals surface area contributed by atoms with Crippen LogP contribution in [0.5, 0.6) is 0 Å². The highest BCUT2D eigenvalue weighted by molar-refractivity contribution is 6.30. The van der Waals surface area contributed by atoms with Crippen LogP contribution >= 0.6 is 11.6 Å². The minimum Gasteiger partial charge on any atom is -0.330 e. The van der Waals surface area contributed by atoms with Gasteiger partial charge in [0.15, 0.2) is 0 Å². The van der Waals surface area contributed by atoms with Gasteiger partial charge in [-0.15, -0.1) is 0 Å². The van der Waals surface area contributed by atoms with Crippen LogP contribution in [0.15, 0.2) is 24.3 Å². The third-order valence-corrected chi connectivity index (χ3v) is 2.71. The van der Waals surface area contributed by atoms with Crippen molar-refractivity contribution in [3.05, 3.63) is 34.9 Å². The molecule has 2 heteroatoms. The molecule has 1 nitrogen and oxygen atoms in total. The lowest BCUT2D eigenvalue weighted by molar-refractivity contribution is 0.576. The van der Waals surface area contributed by atoms with E-state index in [1.807, 2.05) is 12.1 Å². The van der Waals surface area contributed by atoms with Crippen LogP contribution in [-0.4, -0.2) is 6.54 Å². The van der Waals surface area contributed by atoms with E-state index in [4.69, 9.17) is 17.3 Å². The molecule has 1 rings (SSSR count). The van der Waals surface area contributed by atoms with E-state index in [9.17, 15) is 0 Å². The molecule has 0 aliphatic carbocycles. The number of halogens is 1. The van der Waals surface area contributed by atoms with Crippen LogP contribution in [0.1, 0.15) is 37.7 Å². The first-order chi connectivity index (χ1) is 6.77. The fraction of sp³-hybridized carbons (Fsp3) is 0.500. The Labute approximate surface area is 91.3 Å². The molecule has 14 heavy (non-hydrogen) atoms. The monoisotopic (exact) mass is 211 g/mol. The van der Waals surface area contributed by atoms with Crippen molar-refractivity contribution in [3.8, 4) is 0 Å². The van der Waals surface area contributed by atoms with Gasteiger partial charge in [-0.05, 0) is 43.0 Å². The minimum atomic E-state index is 0.573. The molecular formula is C12H18ClN. The molecular weight excluding hydrogens is 194 g/mol. The van der Waals surface area contributed by atoms with E-state index in [0.717, 1.165) is 18.0 Å². The summed E-state index contributed by atoms with van der Waals surface area (Å²) in [7, 11) is 0. The molecule has 0 spiro atoms. The number of rotatable bonds is 5. The van der Waals surface area contributed by atoms with Gasteiger partial charge < -0.3 is 5.73 Å². The van der Waals surface area contributed by atoms with Crippen molar-refractivity contribution >= 4 is 11.6 Å². The van der Waals surface area contributed by atoms with Crippen LogP contribution < -0.4 is 5.73 Å². The third-order valence-electron chi connectivity index (χ3n) is 2.47. The Morgan fingerprint density at radius 1 is 1.36 bits per heavy atom. The van der Waals surface area contributed by atoms with Crippen molar-refractivity contribution in [2.45, 2.75) is 32.1 Å². The maximum Gasteiger partial charge on any atom is 0.0408 e. The fourth-order valence-corrected chi connectivity index (χ4v) is 1.99. The van der Waals surface area contributed by atoms with Gasteiger partial charge in [0.25, 0.3) is 0 Å². The average molecular weight is 212 g/mol. The quantitative estimate of drug-likeness (QED) is 0.792. The van der Waals surface area contributed by atoms with E-state index in [2.05, 4.69) is 19.1 Å². The maximum absolute atomic E-state index is 5.96. The topological polar surface area (TPSA) is 26.0 Å². The largest absolute Gasteiger partial charge is 0.330 e. The Bertz CT molecular complexity index is 267. The number of benzene rings is 1. The summed E-state index contributed by atoms with van der Waals surface area (Å²) in [6, 6.07) is 8.12. The molecule has 0 saturated heterocycles. The summed E-state index contributed by atoms with van der Waals surface area (Å²) in [5.74, 6) is 0.573. The van der Waals surface area contributed by atoms with E-state index < -0.39 is 0 Å². The van der Waals surface area contributed by atoms with Crippen LogP contribution in [0.25, 0.3) is 0 Å². The summed E-state index contributed by atoms with van der Waals surface area (Å²) >= 11 is 5.96. The van der Waals surface area contributed by atoms with Gasteiger partial charge in [0.05, 0.1) is 0 Å². The predicted octanol–water partition coefficient (Wildman–Crippen LogP) is 3.57. The first-order valence-corrected chi connectivity index (χ1v) is 5.61. The molecule has 2 N–H and O–H groups in total. The number of hydrogen-bond acceptors (Lipinski definition) is 1. The minimum absolute atomic E-state index is 0.573. The maximum atomic E-state index is 5.96. The summed E-state index contributed by atoms with van der Waals surface area (Å²) < 4.78 is 0. The van der Waals surface area contributed by atoms with Crippen molar-refractivity contribution in [1.29, 1.82) is 0 Å². The smallest absolute Gasteiger partial charge is 0.0408 e. The summed E-state index contributed by atoms with van der Waals surface area (Å²) in [5, 5.41) is 0.820. The molecule has 1 atom stereocenters. The van der Waals surface area contributed by atoms with Gasteiger partial charge in [-0.25, -0.2) is 0 Å². The second-order valence-corrected chi connectivity index (χ2v) is 4.05. The summed E-state index contributed by atoms with van der Waals surface area (Å²) in [6.07, 6.45) is 3.43. The molecule has 0 fully saturated rings. The van der Waals surface area contributed by atoms with Crippen molar-refractivity contribution < 1.29 is 0 Å². The Morgan fingerprint density at radius 2 is 2.14 bits per heavy atom. The van der Waals surface area contributed by atoms with Crippen molar-refractivity contribution in [3.63, 3.8) is 0 Å². The van der Waals surface area contributed by atoms with E-state index in [0.29, 0.717) is 5.92 Å². The van der Waals surface area contributed by atoms with E-state index in [1.54, 1.807) is 0 Å². The number of hydrogen-bond donors (Lipinski definition) is 1. The highest BCUT2D eigenvalue weighted by Crippen LogP contribution is 2.26. The second-order valence-electron chi connectivity index (χ2n) is 3.62. The summed E-state index contributed by atoms with van der Waals surface area (Å²) in [4.78, 5) is 0. The van der Waals surface area contributed by atoms with Crippen molar-refractivity contribution in [1.82, 2.24) is 0 Å². The van der Waals surface area contributed by atoms with E-state index in [1.165, 1.54) is 18.4 Å². The fourth-order valence-electron chi connectivity index (χ4n) is 1.79. The lowest BCUT2D eigenvalue weighted by Gasteiger charge is -2.15. The first-order valence-electron chi connectivity index (χ1n) is 5.23. The molecule has 78 valence electrons. The normalized spacial score (nSPS) is 12.8. The molecule has 0 bridgehead atoms. The standard InChI is InChI=1S/C12H18ClN/c1-2-4-10(7-8-14)11-5-3-6-12(13)9-11/h3,5-6,9-10H,2,4,7-8,14H2,1H3. The third kappa shape index (κ3) is 3.32. The Hall–Kier alpha value is -0.530. The van der Waals surface area contributed by atoms with E-state index >= 15 is 0 Å². The molecule has 0 aromatic heterocycles. The molecule has 0 amide bonds. The molecule has 1 aromatic rings. The van der Waals surface area contributed by atoms with Gasteiger partial charge in [-0.1, -0.05) is 37.1 Å². The van der Waals surface area contributed by atoms with Crippen LogP contribution in [0, 0.1) is 0 Å². The summed E-state index contributed by atoms with van der Waals surface area (Å²) in [5.41, 5.74) is 6.93. The van der Waals surface area contributed by atoms with Crippen LogP contribution in [-0.2, 0) is 0 Å². The van der Waals surface area contributed by atoms with Gasteiger partial charge in [-0.3, -0.25) is 0 Å². The Morgan fingerprint density at radius 3 is 2.71 bits per heavy atom. The molecule has 0 radical (unpaired) electrons. The Kier molecular flexibility index (Phi) is 4.99. The van der Waals surface area contributed by atoms with Crippen LogP contribution in [0.4, 0.5) is 0 Å². The van der Waals surface area contributed by atoms with Gasteiger partial charge in [0.2, 0.25) is 0 Å². The molecule has 0 aliphatic rings. The zero-order valence-electron chi connectivity index (χ0n) is 8.67. The molecule has 0 saturated carbocycles. The zero-order chi connectivity index (χ0) is 10.4. The highest BCUT2D eigenvalue weighted by atomic mass is 35.5. The Balaban J connectivity index is 2.75. The van der Waals surface area contributed by atoms with Crippen molar-refractivity contribution in [2.75, 3.05) is 6.54 Å². The van der Waals surface area contributed by atoms with E-state index in [-0.39, 0.29) is 0 Å². The zero-order valence-corrected chi connectivity index (χ0v) is 9.43. The van der Waals surface area contributed by atoms with Crippen LogP contribution in [0.2, 0.25) is 5.02 Å². The van der Waals surface area contributed by atoms with Gasteiger partial charge in [0.1, 0.15) is 0 Å². The predicted molar refractivity (Wildman–Crippen MR) is 62.8 cm³/mol. The van der Waals surface area contributed by atoms with Gasteiger partial charge in [0, 0.05) is 5.02 Å². The van der Waals surface area contributed by atoms with Crippen molar-refractivity contribution in [2.24, 2.45) is 5.73 Å². The lowest BCUT2D eigenvalue weighted by atomic mass is 9.91.